The number of halogens is 1. The Morgan fingerprint density at radius 3 is 2.52 bits per heavy atom. The highest BCUT2D eigenvalue weighted by Gasteiger charge is 2.14. The summed E-state index contributed by atoms with van der Waals surface area (Å²) in [5, 5.41) is 3.61. The van der Waals surface area contributed by atoms with Crippen molar-refractivity contribution in [1.29, 1.82) is 0 Å². The summed E-state index contributed by atoms with van der Waals surface area (Å²) in [6, 6.07) is 13.5. The second-order valence-electron chi connectivity index (χ2n) is 6.88. The predicted molar refractivity (Wildman–Crippen MR) is 110 cm³/mol. The number of hydrogen-bond donors (Lipinski definition) is 1. The van der Waals surface area contributed by atoms with Crippen molar-refractivity contribution < 1.29 is 14.3 Å². The van der Waals surface area contributed by atoms with Gasteiger partial charge in [0, 0.05) is 11.6 Å². The maximum absolute atomic E-state index is 12.2. The highest BCUT2D eigenvalue weighted by Crippen LogP contribution is 2.22. The smallest absolute Gasteiger partial charge is 0.260 e. The lowest BCUT2D eigenvalue weighted by Gasteiger charge is -2.15. The Morgan fingerprint density at radius 1 is 1.07 bits per heavy atom. The van der Waals surface area contributed by atoms with Gasteiger partial charge in [-0.15, -0.1) is 0 Å². The van der Waals surface area contributed by atoms with Gasteiger partial charge in [-0.2, -0.15) is 0 Å². The zero-order chi connectivity index (χ0) is 19.8. The highest BCUT2D eigenvalue weighted by molar-refractivity contribution is 6.31. The Balaban J connectivity index is 1.74. The number of carbonyl (C=O) groups is 1. The van der Waals surface area contributed by atoms with E-state index in [9.17, 15) is 4.79 Å². The van der Waals surface area contributed by atoms with Crippen molar-refractivity contribution in [1.82, 2.24) is 5.32 Å². The van der Waals surface area contributed by atoms with Gasteiger partial charge in [0.1, 0.15) is 11.5 Å². The van der Waals surface area contributed by atoms with E-state index in [0.29, 0.717) is 17.3 Å². The van der Waals surface area contributed by atoms with Gasteiger partial charge in [0.05, 0.1) is 6.10 Å². The van der Waals surface area contributed by atoms with Crippen molar-refractivity contribution in [2.45, 2.75) is 52.7 Å². The third-order valence-corrected chi connectivity index (χ3v) is 4.45. The van der Waals surface area contributed by atoms with E-state index < -0.39 is 6.10 Å². The number of carbonyl (C=O) groups excluding carboxylic acids is 1. The van der Waals surface area contributed by atoms with Gasteiger partial charge in [-0.05, 0) is 82.0 Å². The average molecular weight is 390 g/mol. The quantitative estimate of drug-likeness (QED) is 0.617. The second kappa shape index (κ2) is 10.2. The normalized spacial score (nSPS) is 11.9. The topological polar surface area (TPSA) is 47.6 Å². The number of benzene rings is 2. The molecule has 0 radical (unpaired) electrons. The van der Waals surface area contributed by atoms with Gasteiger partial charge in [-0.3, -0.25) is 4.79 Å². The minimum absolute atomic E-state index is 0.125. The first kappa shape index (κ1) is 21.1. The van der Waals surface area contributed by atoms with Gasteiger partial charge >= 0.3 is 0 Å². The summed E-state index contributed by atoms with van der Waals surface area (Å²) in [5.41, 5.74) is 2.12. The first-order valence-electron chi connectivity index (χ1n) is 9.31. The Kier molecular flexibility index (Phi) is 7.99. The van der Waals surface area contributed by atoms with Crippen molar-refractivity contribution in [3.05, 3.63) is 58.6 Å². The number of amides is 1. The third kappa shape index (κ3) is 7.14. The first-order chi connectivity index (χ1) is 12.8. The zero-order valence-corrected chi connectivity index (χ0v) is 17.2. The summed E-state index contributed by atoms with van der Waals surface area (Å²) < 4.78 is 11.4. The van der Waals surface area contributed by atoms with Crippen molar-refractivity contribution in [2.75, 3.05) is 6.54 Å². The fourth-order valence-corrected chi connectivity index (χ4v) is 2.76. The molecule has 0 bridgehead atoms. The number of rotatable bonds is 9. The Hall–Kier alpha value is -2.20. The molecule has 0 saturated carbocycles. The maximum atomic E-state index is 12.2. The van der Waals surface area contributed by atoms with Crippen LogP contribution >= 0.6 is 11.6 Å². The molecule has 0 aromatic heterocycles. The molecule has 2 aromatic rings. The van der Waals surface area contributed by atoms with Crippen LogP contribution in [0.15, 0.2) is 42.5 Å². The minimum atomic E-state index is -0.562. The fraction of sp³-hybridized carbons (Fsp3) is 0.409. The van der Waals surface area contributed by atoms with Crippen LogP contribution in [0.2, 0.25) is 5.02 Å². The van der Waals surface area contributed by atoms with Crippen molar-refractivity contribution in [2.24, 2.45) is 0 Å². The number of aryl methyl sites for hydroxylation is 2. The number of hydrogen-bond acceptors (Lipinski definition) is 3. The molecular weight excluding hydrogens is 362 g/mol. The van der Waals surface area contributed by atoms with Crippen LogP contribution in [0.25, 0.3) is 0 Å². The van der Waals surface area contributed by atoms with Crippen LogP contribution in [0.5, 0.6) is 11.5 Å². The van der Waals surface area contributed by atoms with Crippen LogP contribution in [0.1, 0.15) is 38.3 Å². The van der Waals surface area contributed by atoms with Gasteiger partial charge in [0.2, 0.25) is 0 Å². The molecule has 1 atom stereocenters. The second-order valence-corrected chi connectivity index (χ2v) is 7.29. The van der Waals surface area contributed by atoms with E-state index in [1.807, 2.05) is 39.0 Å². The van der Waals surface area contributed by atoms with Gasteiger partial charge in [-0.1, -0.05) is 23.7 Å². The Bertz CT molecular complexity index is 761. The van der Waals surface area contributed by atoms with E-state index in [2.05, 4.69) is 17.4 Å². The van der Waals surface area contributed by atoms with E-state index in [4.69, 9.17) is 21.1 Å². The molecule has 0 heterocycles. The van der Waals surface area contributed by atoms with Gasteiger partial charge in [-0.25, -0.2) is 0 Å². The minimum Gasteiger partial charge on any atom is -0.491 e. The molecule has 27 heavy (non-hydrogen) atoms. The van der Waals surface area contributed by atoms with Crippen molar-refractivity contribution in [3.8, 4) is 11.5 Å². The molecule has 0 saturated heterocycles. The largest absolute Gasteiger partial charge is 0.491 e. The molecule has 0 aliphatic carbocycles. The molecule has 0 fully saturated rings. The molecular formula is C22H28ClNO3. The van der Waals surface area contributed by atoms with E-state index in [-0.39, 0.29) is 12.0 Å². The van der Waals surface area contributed by atoms with E-state index >= 15 is 0 Å². The predicted octanol–water partition coefficient (Wildman–Crippen LogP) is 4.95. The molecule has 2 aromatic carbocycles. The van der Waals surface area contributed by atoms with Crippen LogP contribution in [0, 0.1) is 6.92 Å². The summed E-state index contributed by atoms with van der Waals surface area (Å²) in [6.45, 7) is 8.27. The number of ether oxygens (including phenoxy) is 2. The van der Waals surface area contributed by atoms with Crippen LogP contribution < -0.4 is 14.8 Å². The molecule has 0 aliphatic heterocycles. The molecule has 4 nitrogen and oxygen atoms in total. The highest BCUT2D eigenvalue weighted by atomic mass is 35.5. The standard InChI is InChI=1S/C22H28ClNO3/c1-15(2)26-19-9-5-7-18(14-19)8-6-12-24-22(25)17(4)27-20-10-11-21(23)16(3)13-20/h5,7,9-11,13-15,17H,6,8,12H2,1-4H3,(H,24,25)/t17-/m1/s1. The fourth-order valence-electron chi connectivity index (χ4n) is 2.64. The number of nitrogens with one attached hydrogen (secondary N) is 1. The van der Waals surface area contributed by atoms with Gasteiger partial charge in [0.15, 0.2) is 6.10 Å². The molecule has 0 unspecified atom stereocenters. The lowest BCUT2D eigenvalue weighted by atomic mass is 10.1. The van der Waals surface area contributed by atoms with Crippen molar-refractivity contribution >= 4 is 17.5 Å². The molecule has 0 aliphatic rings. The van der Waals surface area contributed by atoms with Crippen LogP contribution in [0.3, 0.4) is 0 Å². The molecule has 0 spiro atoms. The molecule has 146 valence electrons. The van der Waals surface area contributed by atoms with E-state index in [1.54, 1.807) is 19.1 Å². The summed E-state index contributed by atoms with van der Waals surface area (Å²) in [4.78, 5) is 12.2. The van der Waals surface area contributed by atoms with Crippen molar-refractivity contribution in [3.63, 3.8) is 0 Å². The average Bonchev–Trinajstić information content (AvgIpc) is 2.61. The Morgan fingerprint density at radius 2 is 1.81 bits per heavy atom. The monoisotopic (exact) mass is 389 g/mol. The molecule has 1 amide bonds. The van der Waals surface area contributed by atoms with Gasteiger partial charge < -0.3 is 14.8 Å². The summed E-state index contributed by atoms with van der Waals surface area (Å²) in [5.74, 6) is 1.40. The molecule has 5 heteroatoms. The van der Waals surface area contributed by atoms with Crippen LogP contribution in [-0.2, 0) is 11.2 Å². The molecule has 2 rings (SSSR count). The first-order valence-corrected chi connectivity index (χ1v) is 9.69. The Labute approximate surface area is 166 Å². The van der Waals surface area contributed by atoms with E-state index in [0.717, 1.165) is 24.2 Å². The maximum Gasteiger partial charge on any atom is 0.260 e. The third-order valence-electron chi connectivity index (χ3n) is 4.02. The SMILES string of the molecule is Cc1cc(O[C@H](C)C(=O)NCCCc2cccc(OC(C)C)c2)ccc1Cl. The lowest BCUT2D eigenvalue weighted by molar-refractivity contribution is -0.127. The zero-order valence-electron chi connectivity index (χ0n) is 16.4. The van der Waals surface area contributed by atoms with E-state index in [1.165, 1.54) is 5.56 Å². The summed E-state index contributed by atoms with van der Waals surface area (Å²) in [6.07, 6.45) is 1.32. The van der Waals surface area contributed by atoms with Crippen LogP contribution in [0.4, 0.5) is 0 Å². The van der Waals surface area contributed by atoms with Crippen LogP contribution in [-0.4, -0.2) is 24.7 Å². The summed E-state index contributed by atoms with van der Waals surface area (Å²) >= 11 is 6.01. The summed E-state index contributed by atoms with van der Waals surface area (Å²) in [7, 11) is 0. The van der Waals surface area contributed by atoms with Gasteiger partial charge in [0.25, 0.3) is 5.91 Å². The lowest BCUT2D eigenvalue weighted by Crippen LogP contribution is -2.36. The molecule has 1 N–H and O–H groups in total.